The van der Waals surface area contributed by atoms with E-state index in [4.69, 9.17) is 4.74 Å². The molecule has 148 valence electrons. The van der Waals surface area contributed by atoms with Crippen LogP contribution in [0.2, 0.25) is 0 Å². The summed E-state index contributed by atoms with van der Waals surface area (Å²) in [6, 6.07) is 13.6. The van der Waals surface area contributed by atoms with E-state index in [1.807, 2.05) is 47.5 Å². The Hall–Kier alpha value is -2.60. The monoisotopic (exact) mass is 380 g/mol. The number of piperazine rings is 1. The van der Waals surface area contributed by atoms with Crippen LogP contribution in [-0.4, -0.2) is 73.1 Å². The molecule has 6 heteroatoms. The first-order valence-corrected chi connectivity index (χ1v) is 10.2. The molecule has 0 unspecified atom stereocenters. The van der Waals surface area contributed by atoms with Gasteiger partial charge in [-0.1, -0.05) is 18.2 Å². The topological polar surface area (TPSA) is 48.9 Å². The lowest BCUT2D eigenvalue weighted by molar-refractivity contribution is 0.0751. The Morgan fingerprint density at radius 1 is 0.893 bits per heavy atom. The minimum atomic E-state index is 0.0945. The normalized spacial score (nSPS) is 17.8. The van der Waals surface area contributed by atoms with Crippen molar-refractivity contribution in [2.24, 2.45) is 0 Å². The van der Waals surface area contributed by atoms with E-state index in [1.54, 1.807) is 0 Å². The molecular formula is C22H28N4O2. The van der Waals surface area contributed by atoms with Gasteiger partial charge >= 0.3 is 0 Å². The molecule has 4 rings (SSSR count). The first-order valence-electron chi connectivity index (χ1n) is 10.2. The number of ether oxygens (including phenoxy) is 1. The van der Waals surface area contributed by atoms with Crippen LogP contribution in [-0.2, 0) is 0 Å². The van der Waals surface area contributed by atoms with Crippen molar-refractivity contribution < 1.29 is 9.53 Å². The predicted octanol–water partition coefficient (Wildman–Crippen LogP) is 2.52. The summed E-state index contributed by atoms with van der Waals surface area (Å²) in [4.78, 5) is 24.0. The van der Waals surface area contributed by atoms with E-state index in [9.17, 15) is 4.79 Å². The number of pyridine rings is 1. The fourth-order valence-electron chi connectivity index (χ4n) is 3.90. The molecule has 28 heavy (non-hydrogen) atoms. The highest BCUT2D eigenvalue weighted by atomic mass is 16.5. The van der Waals surface area contributed by atoms with Gasteiger partial charge in [0.05, 0.1) is 12.1 Å². The van der Waals surface area contributed by atoms with Crippen molar-refractivity contribution in [1.29, 1.82) is 0 Å². The summed E-state index contributed by atoms with van der Waals surface area (Å²) in [7, 11) is 0. The summed E-state index contributed by atoms with van der Waals surface area (Å²) in [5.41, 5.74) is 0.686. The summed E-state index contributed by atoms with van der Waals surface area (Å²) in [6.07, 6.45) is 3.99. The van der Waals surface area contributed by atoms with E-state index in [0.717, 1.165) is 57.9 Å². The van der Waals surface area contributed by atoms with Crippen LogP contribution in [0.15, 0.2) is 48.7 Å². The lowest BCUT2D eigenvalue weighted by Gasteiger charge is -2.35. The number of anilines is 1. The van der Waals surface area contributed by atoms with Crippen LogP contribution in [0.3, 0.4) is 0 Å². The van der Waals surface area contributed by atoms with Crippen LogP contribution >= 0.6 is 0 Å². The first-order chi connectivity index (χ1) is 13.8. The number of fused-ring (bicyclic) bond motifs is 1. The van der Waals surface area contributed by atoms with Gasteiger partial charge in [0.2, 0.25) is 0 Å². The van der Waals surface area contributed by atoms with Gasteiger partial charge in [-0.25, -0.2) is 4.98 Å². The Morgan fingerprint density at radius 2 is 1.68 bits per heavy atom. The van der Waals surface area contributed by atoms with Crippen LogP contribution in [0.25, 0.3) is 0 Å². The van der Waals surface area contributed by atoms with E-state index in [0.29, 0.717) is 24.5 Å². The summed E-state index contributed by atoms with van der Waals surface area (Å²) in [5, 5.41) is 0. The van der Waals surface area contributed by atoms with Gasteiger partial charge in [0.25, 0.3) is 5.91 Å². The Balaban J connectivity index is 1.19. The van der Waals surface area contributed by atoms with Crippen LogP contribution in [0.5, 0.6) is 5.75 Å². The highest BCUT2D eigenvalue weighted by Gasteiger charge is 2.23. The summed E-state index contributed by atoms with van der Waals surface area (Å²) in [5.74, 6) is 1.88. The van der Waals surface area contributed by atoms with E-state index in [2.05, 4.69) is 20.9 Å². The lowest BCUT2D eigenvalue weighted by Crippen LogP contribution is -2.47. The van der Waals surface area contributed by atoms with Crippen molar-refractivity contribution in [3.05, 3.63) is 54.2 Å². The second-order valence-corrected chi connectivity index (χ2v) is 7.36. The fourth-order valence-corrected chi connectivity index (χ4v) is 3.90. The minimum absolute atomic E-state index is 0.0945. The Labute approximate surface area is 166 Å². The van der Waals surface area contributed by atoms with E-state index in [-0.39, 0.29) is 5.91 Å². The van der Waals surface area contributed by atoms with Gasteiger partial charge in [-0.05, 0) is 43.7 Å². The molecule has 1 fully saturated rings. The van der Waals surface area contributed by atoms with Crippen LogP contribution in [0, 0.1) is 0 Å². The Kier molecular flexibility index (Phi) is 6.07. The first kappa shape index (κ1) is 18.7. The van der Waals surface area contributed by atoms with Crippen LogP contribution < -0.4 is 9.64 Å². The van der Waals surface area contributed by atoms with Crippen molar-refractivity contribution >= 4 is 11.7 Å². The standard InChI is InChI=1S/C22H28N4O2/c27-22-19-7-1-2-8-20(19)28-18-17-26(22)12-6-5-11-24-13-15-25(16-14-24)21-9-3-4-10-23-21/h1-4,7-10H,5-6,11-18H2. The molecule has 1 aromatic carbocycles. The molecule has 2 aromatic rings. The SMILES string of the molecule is O=C1c2ccccc2OCCN1CCCCN1CCN(c2ccccn2)CC1. The van der Waals surface area contributed by atoms with Gasteiger partial charge in [0.15, 0.2) is 0 Å². The van der Waals surface area contributed by atoms with E-state index >= 15 is 0 Å². The molecule has 0 saturated carbocycles. The van der Waals surface area contributed by atoms with E-state index in [1.165, 1.54) is 0 Å². The summed E-state index contributed by atoms with van der Waals surface area (Å²) < 4.78 is 5.72. The maximum Gasteiger partial charge on any atom is 0.257 e. The third-order valence-electron chi connectivity index (χ3n) is 5.52. The average Bonchev–Trinajstić information content (AvgIpc) is 2.91. The molecule has 6 nitrogen and oxygen atoms in total. The zero-order valence-electron chi connectivity index (χ0n) is 16.3. The maximum atomic E-state index is 12.7. The van der Waals surface area contributed by atoms with Gasteiger partial charge in [-0.3, -0.25) is 9.69 Å². The minimum Gasteiger partial charge on any atom is -0.491 e. The van der Waals surface area contributed by atoms with Gasteiger partial charge < -0.3 is 14.5 Å². The van der Waals surface area contributed by atoms with Gasteiger partial charge in [-0.15, -0.1) is 0 Å². The molecule has 0 spiro atoms. The third-order valence-corrected chi connectivity index (χ3v) is 5.52. The summed E-state index contributed by atoms with van der Waals surface area (Å²) >= 11 is 0. The number of benzene rings is 1. The fraction of sp³-hybridized carbons (Fsp3) is 0.455. The number of nitrogens with zero attached hydrogens (tertiary/aromatic N) is 4. The second-order valence-electron chi connectivity index (χ2n) is 7.36. The predicted molar refractivity (Wildman–Crippen MR) is 110 cm³/mol. The second kappa shape index (κ2) is 9.06. The number of amides is 1. The zero-order chi connectivity index (χ0) is 19.2. The molecule has 1 aromatic heterocycles. The van der Waals surface area contributed by atoms with Crippen molar-refractivity contribution in [2.75, 3.05) is 57.3 Å². The lowest BCUT2D eigenvalue weighted by atomic mass is 10.1. The molecule has 1 saturated heterocycles. The number of rotatable bonds is 6. The smallest absolute Gasteiger partial charge is 0.257 e. The number of unbranched alkanes of at least 4 members (excludes halogenated alkanes) is 1. The number of carbonyl (C=O) groups excluding carboxylic acids is 1. The van der Waals surface area contributed by atoms with Gasteiger partial charge in [-0.2, -0.15) is 0 Å². The molecule has 1 amide bonds. The Bertz CT molecular complexity index is 775. The number of hydrogen-bond donors (Lipinski definition) is 0. The highest BCUT2D eigenvalue weighted by molar-refractivity contribution is 5.97. The molecule has 0 N–H and O–H groups in total. The molecule has 0 bridgehead atoms. The van der Waals surface area contributed by atoms with Crippen molar-refractivity contribution in [3.8, 4) is 5.75 Å². The van der Waals surface area contributed by atoms with Gasteiger partial charge in [0.1, 0.15) is 18.2 Å². The average molecular weight is 380 g/mol. The van der Waals surface area contributed by atoms with Crippen LogP contribution in [0.4, 0.5) is 5.82 Å². The largest absolute Gasteiger partial charge is 0.491 e. The van der Waals surface area contributed by atoms with Crippen molar-refractivity contribution in [3.63, 3.8) is 0 Å². The highest BCUT2D eigenvalue weighted by Crippen LogP contribution is 2.22. The van der Waals surface area contributed by atoms with E-state index < -0.39 is 0 Å². The molecule has 3 heterocycles. The molecule has 0 radical (unpaired) electrons. The maximum absolute atomic E-state index is 12.7. The molecule has 0 aliphatic carbocycles. The molecule has 2 aliphatic rings. The third kappa shape index (κ3) is 4.44. The zero-order valence-corrected chi connectivity index (χ0v) is 16.3. The summed E-state index contributed by atoms with van der Waals surface area (Å²) in [6.45, 7) is 7.30. The quantitative estimate of drug-likeness (QED) is 0.721. The molecule has 2 aliphatic heterocycles. The number of hydrogen-bond acceptors (Lipinski definition) is 5. The van der Waals surface area contributed by atoms with Gasteiger partial charge in [0, 0.05) is 38.9 Å². The molecular weight excluding hydrogens is 352 g/mol. The Morgan fingerprint density at radius 3 is 2.50 bits per heavy atom. The van der Waals surface area contributed by atoms with Crippen molar-refractivity contribution in [2.45, 2.75) is 12.8 Å². The van der Waals surface area contributed by atoms with Crippen molar-refractivity contribution in [1.82, 2.24) is 14.8 Å². The van der Waals surface area contributed by atoms with Crippen LogP contribution in [0.1, 0.15) is 23.2 Å². The number of para-hydroxylation sites is 1. The molecule has 0 atom stereocenters. The number of aromatic nitrogens is 1. The number of carbonyl (C=O) groups is 1.